The Hall–Kier alpha value is -1.80. The van der Waals surface area contributed by atoms with Gasteiger partial charge in [-0.15, -0.1) is 0 Å². The number of unbranched alkanes of at least 4 members (excludes halogenated alkanes) is 22. The van der Waals surface area contributed by atoms with Crippen LogP contribution in [0, 0.1) is 0 Å². The molecular weight excluding hydrogens is 734 g/mol. The molecule has 0 saturated heterocycles. The maximum Gasteiger partial charge on any atom is 0.472 e. The molecule has 332 valence electrons. The van der Waals surface area contributed by atoms with E-state index in [9.17, 15) is 14.3 Å². The minimum absolute atomic E-state index is 0.0770. The van der Waals surface area contributed by atoms with Crippen LogP contribution in [-0.4, -0.2) is 49.9 Å². The van der Waals surface area contributed by atoms with Gasteiger partial charge in [-0.05, 0) is 38.5 Å². The zero-order chi connectivity index (χ0) is 41.6. The number of rotatable bonds is 44. The molecule has 0 amide bonds. The highest BCUT2D eigenvalue weighted by atomic mass is 31.2. The van der Waals surface area contributed by atoms with E-state index in [4.69, 9.17) is 24.3 Å². The molecule has 0 fully saturated rings. The van der Waals surface area contributed by atoms with Crippen LogP contribution in [0.5, 0.6) is 0 Å². The Balaban J connectivity index is 4.01. The van der Waals surface area contributed by atoms with Crippen molar-refractivity contribution in [2.24, 2.45) is 5.73 Å². The van der Waals surface area contributed by atoms with Crippen LogP contribution in [0.1, 0.15) is 200 Å². The zero-order valence-electron chi connectivity index (χ0n) is 36.8. The molecule has 0 aromatic heterocycles. The number of allylic oxidation sites excluding steroid dienone is 9. The number of ether oxygens (including phenoxy) is 2. The Labute approximate surface area is 351 Å². The van der Waals surface area contributed by atoms with Gasteiger partial charge in [-0.25, -0.2) is 4.57 Å². The molecule has 0 rings (SSSR count). The van der Waals surface area contributed by atoms with Crippen molar-refractivity contribution in [2.45, 2.75) is 206 Å². The maximum atomic E-state index is 12.5. The predicted molar refractivity (Wildman–Crippen MR) is 242 cm³/mol. The zero-order valence-corrected chi connectivity index (χ0v) is 37.7. The number of phosphoric ester groups is 1. The first kappa shape index (κ1) is 55.2. The lowest BCUT2D eigenvalue weighted by Gasteiger charge is -2.19. The van der Waals surface area contributed by atoms with Crippen molar-refractivity contribution in [3.8, 4) is 0 Å². The van der Waals surface area contributed by atoms with Gasteiger partial charge in [0, 0.05) is 13.2 Å². The Morgan fingerprint density at radius 2 is 0.912 bits per heavy atom. The van der Waals surface area contributed by atoms with Crippen molar-refractivity contribution in [1.82, 2.24) is 0 Å². The third-order valence-electron chi connectivity index (χ3n) is 9.73. The van der Waals surface area contributed by atoms with E-state index in [-0.39, 0.29) is 32.8 Å². The molecule has 9 heteroatoms. The molecule has 0 aromatic rings. The molecule has 0 aliphatic carbocycles. The Morgan fingerprint density at radius 1 is 0.526 bits per heavy atom. The SMILES string of the molecule is CC/C=C\C/C=C\C/C=C\C/C=C\C/C=C\CC(=O)OC(COCCCCCCCCCCCCCCCCCCCCCCCCC)COP(=O)(O)OCCN. The number of hydrogen-bond donors (Lipinski definition) is 2. The van der Waals surface area contributed by atoms with E-state index < -0.39 is 19.9 Å². The number of esters is 1. The van der Waals surface area contributed by atoms with Crippen molar-refractivity contribution in [2.75, 3.05) is 33.0 Å². The summed E-state index contributed by atoms with van der Waals surface area (Å²) in [6.07, 6.45) is 55.8. The first-order chi connectivity index (χ1) is 27.9. The van der Waals surface area contributed by atoms with Gasteiger partial charge < -0.3 is 20.1 Å². The van der Waals surface area contributed by atoms with Gasteiger partial charge in [0.15, 0.2) is 0 Å². The summed E-state index contributed by atoms with van der Waals surface area (Å²) >= 11 is 0. The summed E-state index contributed by atoms with van der Waals surface area (Å²) in [4.78, 5) is 22.4. The van der Waals surface area contributed by atoms with Crippen LogP contribution in [0.4, 0.5) is 0 Å². The predicted octanol–water partition coefficient (Wildman–Crippen LogP) is 14.1. The van der Waals surface area contributed by atoms with Crippen LogP contribution in [0.25, 0.3) is 0 Å². The van der Waals surface area contributed by atoms with E-state index in [1.54, 1.807) is 6.08 Å². The topological polar surface area (TPSA) is 117 Å². The number of phosphoric acid groups is 1. The molecule has 0 heterocycles. The highest BCUT2D eigenvalue weighted by molar-refractivity contribution is 7.47. The van der Waals surface area contributed by atoms with Gasteiger partial charge in [0.1, 0.15) is 6.10 Å². The molecule has 0 aliphatic rings. The van der Waals surface area contributed by atoms with Crippen LogP contribution in [0.2, 0.25) is 0 Å². The Kier molecular flexibility index (Phi) is 43.9. The van der Waals surface area contributed by atoms with Gasteiger partial charge >= 0.3 is 13.8 Å². The molecule has 0 aliphatic heterocycles. The number of hydrogen-bond acceptors (Lipinski definition) is 7. The number of carbonyl (C=O) groups excluding carboxylic acids is 1. The largest absolute Gasteiger partial charge is 0.472 e. The lowest BCUT2D eigenvalue weighted by Crippen LogP contribution is -2.28. The molecule has 0 aromatic carbocycles. The van der Waals surface area contributed by atoms with Crippen molar-refractivity contribution < 1.29 is 32.8 Å². The van der Waals surface area contributed by atoms with Gasteiger partial charge in [0.25, 0.3) is 0 Å². The fourth-order valence-corrected chi connectivity index (χ4v) is 7.13. The van der Waals surface area contributed by atoms with Crippen LogP contribution in [0.3, 0.4) is 0 Å². The van der Waals surface area contributed by atoms with Crippen molar-refractivity contribution in [3.63, 3.8) is 0 Å². The van der Waals surface area contributed by atoms with E-state index in [0.29, 0.717) is 13.0 Å². The quantitative estimate of drug-likeness (QED) is 0.0270. The minimum atomic E-state index is -4.30. The number of carbonyl (C=O) groups is 1. The molecule has 2 unspecified atom stereocenters. The first-order valence-corrected chi connectivity index (χ1v) is 24.8. The van der Waals surface area contributed by atoms with E-state index in [1.165, 1.54) is 135 Å². The van der Waals surface area contributed by atoms with Crippen molar-refractivity contribution in [3.05, 3.63) is 60.8 Å². The maximum absolute atomic E-state index is 12.5. The molecule has 0 spiro atoms. The van der Waals surface area contributed by atoms with Gasteiger partial charge in [-0.3, -0.25) is 13.8 Å². The smallest absolute Gasteiger partial charge is 0.457 e. The first-order valence-electron chi connectivity index (χ1n) is 23.3. The highest BCUT2D eigenvalue weighted by Crippen LogP contribution is 2.43. The van der Waals surface area contributed by atoms with E-state index >= 15 is 0 Å². The summed E-state index contributed by atoms with van der Waals surface area (Å²) in [5, 5.41) is 0. The van der Waals surface area contributed by atoms with E-state index in [1.807, 2.05) is 6.08 Å². The van der Waals surface area contributed by atoms with Gasteiger partial charge in [-0.2, -0.15) is 0 Å². The lowest BCUT2D eigenvalue weighted by atomic mass is 10.0. The summed E-state index contributed by atoms with van der Waals surface area (Å²) in [7, 11) is -4.30. The highest BCUT2D eigenvalue weighted by Gasteiger charge is 2.25. The van der Waals surface area contributed by atoms with Crippen molar-refractivity contribution >= 4 is 13.8 Å². The second-order valence-corrected chi connectivity index (χ2v) is 16.7. The second kappa shape index (κ2) is 45.3. The molecule has 2 atom stereocenters. The van der Waals surface area contributed by atoms with E-state index in [0.717, 1.165) is 38.5 Å². The Morgan fingerprint density at radius 3 is 1.32 bits per heavy atom. The Bertz CT molecular complexity index is 1060. The summed E-state index contributed by atoms with van der Waals surface area (Å²) in [5.74, 6) is -0.455. The van der Waals surface area contributed by atoms with Crippen LogP contribution < -0.4 is 5.73 Å². The van der Waals surface area contributed by atoms with Crippen LogP contribution in [-0.2, 0) is 27.9 Å². The average Bonchev–Trinajstić information content (AvgIpc) is 3.20. The standard InChI is InChI=1S/C48H88NO7P/c1-3-5-7-9-11-13-15-17-19-20-21-22-23-24-25-26-28-30-32-34-36-38-40-43-53-45-47(46-55-57(51,52)54-44-42-49)56-48(50)41-39-37-35-33-31-29-27-18-16-14-12-10-8-6-4-2/h6,8,12,14,18,27,31,33,37,39,47H,3-5,7,9-11,13,15-17,19-26,28-30,32,34-36,38,40-46,49H2,1-2H3,(H,51,52)/b8-6-,14-12-,27-18-,33-31-,39-37-. The summed E-state index contributed by atoms with van der Waals surface area (Å²) in [6.45, 7) is 4.69. The third kappa shape index (κ3) is 45.1. The van der Waals surface area contributed by atoms with Crippen molar-refractivity contribution in [1.29, 1.82) is 0 Å². The third-order valence-corrected chi connectivity index (χ3v) is 10.7. The lowest BCUT2D eigenvalue weighted by molar-refractivity contribution is -0.153. The van der Waals surface area contributed by atoms with Gasteiger partial charge in [0.2, 0.25) is 0 Å². The van der Waals surface area contributed by atoms with E-state index in [2.05, 4.69) is 62.5 Å². The van der Waals surface area contributed by atoms with Crippen LogP contribution in [0.15, 0.2) is 60.8 Å². The molecule has 57 heavy (non-hydrogen) atoms. The molecule has 0 bridgehead atoms. The van der Waals surface area contributed by atoms with Gasteiger partial charge in [0.05, 0.1) is 26.2 Å². The number of nitrogens with two attached hydrogens (primary N) is 1. The second-order valence-electron chi connectivity index (χ2n) is 15.3. The summed E-state index contributed by atoms with van der Waals surface area (Å²) in [6, 6.07) is 0. The van der Waals surface area contributed by atoms with Gasteiger partial charge in [-0.1, -0.05) is 216 Å². The summed E-state index contributed by atoms with van der Waals surface area (Å²) < 4.78 is 33.3. The van der Waals surface area contributed by atoms with Crippen LogP contribution >= 0.6 is 7.82 Å². The fraction of sp³-hybridized carbons (Fsp3) is 0.771. The fourth-order valence-electron chi connectivity index (χ4n) is 6.37. The molecular formula is C48H88NO7P. The summed E-state index contributed by atoms with van der Waals surface area (Å²) in [5.41, 5.74) is 5.37. The molecule has 0 radical (unpaired) electrons. The average molecular weight is 822 g/mol. The molecule has 3 N–H and O–H groups in total. The minimum Gasteiger partial charge on any atom is -0.457 e. The monoisotopic (exact) mass is 822 g/mol. The molecule has 8 nitrogen and oxygen atoms in total. The molecule has 0 saturated carbocycles. The normalized spacial score (nSPS) is 14.0.